The summed E-state index contributed by atoms with van der Waals surface area (Å²) < 4.78 is 5.49. The van der Waals surface area contributed by atoms with Crippen molar-refractivity contribution in [2.45, 2.75) is 18.9 Å². The van der Waals surface area contributed by atoms with Gasteiger partial charge >= 0.3 is 12.1 Å². The van der Waals surface area contributed by atoms with Crippen molar-refractivity contribution in [1.82, 2.24) is 15.8 Å². The second-order valence-electron chi connectivity index (χ2n) is 7.30. The Morgan fingerprint density at radius 2 is 1.70 bits per heavy atom. The number of aliphatic carboxylic acids is 1. The third-order valence-corrected chi connectivity index (χ3v) is 5.95. The fourth-order valence-electron chi connectivity index (χ4n) is 3.69. The largest absolute Gasteiger partial charge is 0.479 e. The number of aromatic nitrogens is 1. The summed E-state index contributed by atoms with van der Waals surface area (Å²) in [6, 6.07) is 16.2. The number of alkyl carbamates (subject to hydrolysis) is 1. The molecular formula is C23H21N3O6S. The molecule has 0 fully saturated rings. The Balaban J connectivity index is 1.25. The Bertz CT molecular complexity index is 1130. The van der Waals surface area contributed by atoms with E-state index < -0.39 is 24.6 Å². The molecule has 1 aliphatic carbocycles. The smallest absolute Gasteiger partial charge is 0.407 e. The molecule has 0 aliphatic heterocycles. The van der Waals surface area contributed by atoms with E-state index in [0.717, 1.165) is 22.3 Å². The Morgan fingerprint density at radius 1 is 1.03 bits per heavy atom. The zero-order chi connectivity index (χ0) is 23.2. The van der Waals surface area contributed by atoms with Crippen LogP contribution in [0.25, 0.3) is 11.1 Å². The standard InChI is InChI=1S/C23H21N3O6S/c27-20(26-32-12-22(28)29)9-14-13-33-21(25-14)10-24-23(30)31-11-19-17-7-3-1-5-15(17)16-6-2-4-8-18(16)19/h1-8,13,19H,9-12H2,(H,24,30)(H,26,27)(H,28,29). The molecule has 4 rings (SSSR count). The maximum atomic E-state index is 12.3. The number of amides is 2. The van der Waals surface area contributed by atoms with Gasteiger partial charge in [-0.2, -0.15) is 0 Å². The second-order valence-corrected chi connectivity index (χ2v) is 8.24. The molecule has 0 bridgehead atoms. The molecule has 3 aromatic rings. The van der Waals surface area contributed by atoms with Crippen molar-refractivity contribution in [3.8, 4) is 11.1 Å². The number of carboxylic acid groups (broad SMARTS) is 1. The summed E-state index contributed by atoms with van der Waals surface area (Å²) in [7, 11) is 0. The van der Waals surface area contributed by atoms with E-state index in [4.69, 9.17) is 9.84 Å². The average Bonchev–Trinajstić information content (AvgIpc) is 3.38. The number of hydrogen-bond donors (Lipinski definition) is 3. The van der Waals surface area contributed by atoms with Crippen molar-refractivity contribution in [2.75, 3.05) is 13.2 Å². The number of rotatable bonds is 9. The molecule has 1 aliphatic rings. The zero-order valence-corrected chi connectivity index (χ0v) is 18.3. The van der Waals surface area contributed by atoms with Gasteiger partial charge in [0.15, 0.2) is 6.61 Å². The monoisotopic (exact) mass is 467 g/mol. The van der Waals surface area contributed by atoms with Crippen LogP contribution in [-0.4, -0.2) is 41.3 Å². The van der Waals surface area contributed by atoms with Gasteiger partial charge in [-0.05, 0) is 22.3 Å². The van der Waals surface area contributed by atoms with Gasteiger partial charge in [0, 0.05) is 11.3 Å². The summed E-state index contributed by atoms with van der Waals surface area (Å²) in [5.74, 6) is -1.72. The van der Waals surface area contributed by atoms with Gasteiger partial charge in [-0.15, -0.1) is 11.3 Å². The Labute approximate surface area is 193 Å². The molecular weight excluding hydrogens is 446 g/mol. The molecule has 0 atom stereocenters. The highest BCUT2D eigenvalue weighted by molar-refractivity contribution is 7.09. The highest BCUT2D eigenvalue weighted by Gasteiger charge is 2.29. The van der Waals surface area contributed by atoms with E-state index in [0.29, 0.717) is 10.7 Å². The van der Waals surface area contributed by atoms with Crippen molar-refractivity contribution in [1.29, 1.82) is 0 Å². The molecule has 1 aromatic heterocycles. The quantitative estimate of drug-likeness (QED) is 0.413. The number of thiazole rings is 1. The van der Waals surface area contributed by atoms with Gasteiger partial charge in [-0.25, -0.2) is 20.1 Å². The van der Waals surface area contributed by atoms with E-state index in [9.17, 15) is 14.4 Å². The van der Waals surface area contributed by atoms with Crippen LogP contribution in [0.15, 0.2) is 53.9 Å². The average molecular weight is 468 g/mol. The van der Waals surface area contributed by atoms with Crippen LogP contribution in [0, 0.1) is 0 Å². The number of carbonyl (C=O) groups excluding carboxylic acids is 2. The van der Waals surface area contributed by atoms with Crippen LogP contribution in [0.3, 0.4) is 0 Å². The third kappa shape index (κ3) is 5.54. The number of hydrogen-bond acceptors (Lipinski definition) is 7. The van der Waals surface area contributed by atoms with Crippen molar-refractivity contribution in [2.24, 2.45) is 0 Å². The number of carbonyl (C=O) groups is 3. The summed E-state index contributed by atoms with van der Waals surface area (Å²) in [6.07, 6.45) is -0.616. The van der Waals surface area contributed by atoms with E-state index >= 15 is 0 Å². The topological polar surface area (TPSA) is 127 Å². The molecule has 0 saturated carbocycles. The lowest BCUT2D eigenvalue weighted by atomic mass is 9.98. The normalized spacial score (nSPS) is 12.0. The predicted octanol–water partition coefficient (Wildman–Crippen LogP) is 2.86. The first kappa shape index (κ1) is 22.4. The molecule has 10 heteroatoms. The van der Waals surface area contributed by atoms with E-state index in [1.165, 1.54) is 11.3 Å². The first-order valence-electron chi connectivity index (χ1n) is 10.2. The molecule has 3 N–H and O–H groups in total. The van der Waals surface area contributed by atoms with E-state index in [2.05, 4.69) is 39.4 Å². The lowest BCUT2D eigenvalue weighted by molar-refractivity contribution is -0.149. The lowest BCUT2D eigenvalue weighted by Crippen LogP contribution is -2.28. The molecule has 0 radical (unpaired) electrons. The van der Waals surface area contributed by atoms with Crippen LogP contribution in [0.2, 0.25) is 0 Å². The Hall–Kier alpha value is -3.76. The summed E-state index contributed by atoms with van der Waals surface area (Å²) >= 11 is 1.29. The van der Waals surface area contributed by atoms with Gasteiger partial charge in [0.1, 0.15) is 11.6 Å². The Kier molecular flexibility index (Phi) is 6.96. The molecule has 33 heavy (non-hydrogen) atoms. The number of carboxylic acids is 1. The number of nitrogens with zero attached hydrogens (tertiary/aromatic N) is 1. The molecule has 170 valence electrons. The van der Waals surface area contributed by atoms with Crippen molar-refractivity contribution >= 4 is 29.3 Å². The van der Waals surface area contributed by atoms with Crippen molar-refractivity contribution in [3.63, 3.8) is 0 Å². The number of fused-ring (bicyclic) bond motifs is 3. The van der Waals surface area contributed by atoms with Gasteiger partial charge in [-0.3, -0.25) is 9.63 Å². The number of benzene rings is 2. The lowest BCUT2D eigenvalue weighted by Gasteiger charge is -2.14. The van der Waals surface area contributed by atoms with Crippen LogP contribution in [-0.2, 0) is 32.1 Å². The van der Waals surface area contributed by atoms with Crippen LogP contribution in [0.1, 0.15) is 27.7 Å². The second kappa shape index (κ2) is 10.2. The van der Waals surface area contributed by atoms with Gasteiger partial charge in [-0.1, -0.05) is 48.5 Å². The molecule has 1 heterocycles. The SMILES string of the molecule is O=C(O)CONC(=O)Cc1csc(CNC(=O)OCC2c3ccccc3-c3ccccc32)n1. The van der Waals surface area contributed by atoms with Crippen molar-refractivity contribution in [3.05, 3.63) is 75.7 Å². The van der Waals surface area contributed by atoms with E-state index in [1.54, 1.807) is 5.38 Å². The number of ether oxygens (including phenoxy) is 1. The van der Waals surface area contributed by atoms with Crippen molar-refractivity contribution < 1.29 is 29.1 Å². The van der Waals surface area contributed by atoms with Gasteiger partial charge in [0.25, 0.3) is 0 Å². The van der Waals surface area contributed by atoms with Gasteiger partial charge in [0.05, 0.1) is 18.7 Å². The minimum absolute atomic E-state index is 0.0172. The highest BCUT2D eigenvalue weighted by atomic mass is 32.1. The maximum absolute atomic E-state index is 12.3. The van der Waals surface area contributed by atoms with E-state index in [1.807, 2.05) is 29.7 Å². The fraction of sp³-hybridized carbons (Fsp3) is 0.217. The van der Waals surface area contributed by atoms with Crippen LogP contribution in [0.4, 0.5) is 4.79 Å². The highest BCUT2D eigenvalue weighted by Crippen LogP contribution is 2.44. The zero-order valence-electron chi connectivity index (χ0n) is 17.4. The molecule has 0 spiro atoms. The van der Waals surface area contributed by atoms with Gasteiger partial charge in [0.2, 0.25) is 5.91 Å². The molecule has 0 unspecified atom stereocenters. The number of nitrogens with one attached hydrogen (secondary N) is 2. The third-order valence-electron chi connectivity index (χ3n) is 5.05. The minimum atomic E-state index is -1.19. The Morgan fingerprint density at radius 3 is 2.36 bits per heavy atom. The summed E-state index contributed by atoms with van der Waals surface area (Å²) in [4.78, 5) is 43.1. The summed E-state index contributed by atoms with van der Waals surface area (Å²) in [5.41, 5.74) is 7.13. The summed E-state index contributed by atoms with van der Waals surface area (Å²) in [5, 5.41) is 13.5. The molecule has 9 nitrogen and oxygen atoms in total. The van der Waals surface area contributed by atoms with E-state index in [-0.39, 0.29) is 25.5 Å². The molecule has 2 amide bonds. The predicted molar refractivity (Wildman–Crippen MR) is 119 cm³/mol. The molecule has 2 aromatic carbocycles. The van der Waals surface area contributed by atoms with Gasteiger partial charge < -0.3 is 15.2 Å². The maximum Gasteiger partial charge on any atom is 0.407 e. The summed E-state index contributed by atoms with van der Waals surface area (Å²) in [6.45, 7) is -0.240. The number of hydroxylamine groups is 1. The van der Waals surface area contributed by atoms with Crippen LogP contribution < -0.4 is 10.8 Å². The minimum Gasteiger partial charge on any atom is -0.479 e. The first-order valence-corrected chi connectivity index (χ1v) is 11.0. The fourth-order valence-corrected chi connectivity index (χ4v) is 4.42. The first-order chi connectivity index (χ1) is 16.0. The molecule has 0 saturated heterocycles. The van der Waals surface area contributed by atoms with Crippen LogP contribution in [0.5, 0.6) is 0 Å². The van der Waals surface area contributed by atoms with Crippen LogP contribution >= 0.6 is 11.3 Å².